The molecule has 0 aliphatic heterocycles. The van der Waals surface area contributed by atoms with E-state index < -0.39 is 0 Å². The molecule has 0 atom stereocenters. The van der Waals surface area contributed by atoms with Gasteiger partial charge in [-0.3, -0.25) is 9.78 Å². The van der Waals surface area contributed by atoms with Crippen LogP contribution in [0.3, 0.4) is 0 Å². The lowest BCUT2D eigenvalue weighted by Crippen LogP contribution is -2.21. The van der Waals surface area contributed by atoms with Crippen LogP contribution < -0.4 is 5.32 Å². The molecule has 0 bridgehead atoms. The highest BCUT2D eigenvalue weighted by atomic mass is 16.1. The summed E-state index contributed by atoms with van der Waals surface area (Å²) in [6.07, 6.45) is 3.05. The largest absolute Gasteiger partial charge is 0.347 e. The molecule has 1 aromatic heterocycles. The first-order chi connectivity index (χ1) is 6.63. The van der Waals surface area contributed by atoms with Crippen LogP contribution in [-0.4, -0.2) is 10.9 Å². The summed E-state index contributed by atoms with van der Waals surface area (Å²) < 4.78 is 0. The molecule has 1 N–H and O–H groups in total. The van der Waals surface area contributed by atoms with Gasteiger partial charge < -0.3 is 5.32 Å². The Balaban J connectivity index is 2.68. The number of hydrogen-bond acceptors (Lipinski definition) is 2. The number of nitrogens with zero attached hydrogens (tertiary/aromatic N) is 1. The number of nitrogens with one attached hydrogen (secondary N) is 1. The van der Waals surface area contributed by atoms with E-state index in [1.54, 1.807) is 6.20 Å². The van der Waals surface area contributed by atoms with Gasteiger partial charge in [0.15, 0.2) is 0 Å². The van der Waals surface area contributed by atoms with E-state index >= 15 is 0 Å². The number of rotatable bonds is 3. The molecule has 0 saturated carbocycles. The molecule has 3 heteroatoms. The fourth-order valence-corrected chi connectivity index (χ4v) is 1.17. The van der Waals surface area contributed by atoms with Crippen LogP contribution in [-0.2, 0) is 11.3 Å². The molecular weight excluding hydrogens is 176 g/mol. The number of pyridine rings is 1. The molecule has 1 rings (SSSR count). The highest BCUT2D eigenvalue weighted by molar-refractivity contribution is 5.86. The maximum atomic E-state index is 10.9. The zero-order valence-corrected chi connectivity index (χ0v) is 8.50. The summed E-state index contributed by atoms with van der Waals surface area (Å²) in [7, 11) is 0. The molecule has 1 heterocycles. The van der Waals surface area contributed by atoms with Crippen molar-refractivity contribution >= 4 is 5.91 Å². The molecule has 74 valence electrons. The Labute approximate surface area is 83.9 Å². The van der Waals surface area contributed by atoms with Crippen molar-refractivity contribution in [1.29, 1.82) is 0 Å². The Morgan fingerprint density at radius 1 is 1.64 bits per heavy atom. The minimum atomic E-state index is -0.174. The maximum Gasteiger partial charge on any atom is 0.243 e. The van der Waals surface area contributed by atoms with Gasteiger partial charge in [0.25, 0.3) is 0 Å². The quantitative estimate of drug-likeness (QED) is 0.734. The van der Waals surface area contributed by atoms with Gasteiger partial charge in [0.2, 0.25) is 5.91 Å². The summed E-state index contributed by atoms with van der Waals surface area (Å²) in [5.41, 5.74) is 3.11. The number of aryl methyl sites for hydroxylation is 2. The number of carbonyl (C=O) groups is 1. The van der Waals surface area contributed by atoms with Gasteiger partial charge in [-0.1, -0.05) is 12.6 Å². The van der Waals surface area contributed by atoms with E-state index in [0.717, 1.165) is 16.8 Å². The van der Waals surface area contributed by atoms with Crippen LogP contribution in [0.15, 0.2) is 24.9 Å². The van der Waals surface area contributed by atoms with E-state index in [1.165, 1.54) is 6.08 Å². The van der Waals surface area contributed by atoms with Crippen LogP contribution in [0.25, 0.3) is 0 Å². The summed E-state index contributed by atoms with van der Waals surface area (Å²) in [5.74, 6) is -0.174. The monoisotopic (exact) mass is 190 g/mol. The second-order valence-electron chi connectivity index (χ2n) is 3.20. The lowest BCUT2D eigenvalue weighted by atomic mass is 10.1. The van der Waals surface area contributed by atoms with Crippen LogP contribution in [0.4, 0.5) is 0 Å². The van der Waals surface area contributed by atoms with Crippen molar-refractivity contribution in [3.63, 3.8) is 0 Å². The third-order valence-corrected chi connectivity index (χ3v) is 1.94. The van der Waals surface area contributed by atoms with Gasteiger partial charge in [-0.05, 0) is 31.1 Å². The fourth-order valence-electron chi connectivity index (χ4n) is 1.17. The smallest absolute Gasteiger partial charge is 0.243 e. The molecular formula is C11H14N2O. The second kappa shape index (κ2) is 4.56. The summed E-state index contributed by atoms with van der Waals surface area (Å²) in [4.78, 5) is 15.1. The molecule has 14 heavy (non-hydrogen) atoms. The van der Waals surface area contributed by atoms with Crippen molar-refractivity contribution in [2.75, 3.05) is 0 Å². The molecule has 0 unspecified atom stereocenters. The van der Waals surface area contributed by atoms with E-state index in [2.05, 4.69) is 16.9 Å². The average molecular weight is 190 g/mol. The van der Waals surface area contributed by atoms with Crippen molar-refractivity contribution in [3.8, 4) is 0 Å². The van der Waals surface area contributed by atoms with E-state index in [-0.39, 0.29) is 5.91 Å². The zero-order valence-electron chi connectivity index (χ0n) is 8.50. The molecule has 0 fully saturated rings. The van der Waals surface area contributed by atoms with Crippen molar-refractivity contribution in [2.45, 2.75) is 20.4 Å². The molecule has 0 radical (unpaired) electrons. The number of amides is 1. The van der Waals surface area contributed by atoms with Crippen LogP contribution in [0.2, 0.25) is 0 Å². The van der Waals surface area contributed by atoms with E-state index in [1.807, 2.05) is 19.9 Å². The predicted octanol–water partition coefficient (Wildman–Crippen LogP) is 1.50. The third-order valence-electron chi connectivity index (χ3n) is 1.94. The van der Waals surface area contributed by atoms with Gasteiger partial charge in [-0.15, -0.1) is 0 Å². The summed E-state index contributed by atoms with van der Waals surface area (Å²) in [5, 5.41) is 2.69. The lowest BCUT2D eigenvalue weighted by molar-refractivity contribution is -0.116. The second-order valence-corrected chi connectivity index (χ2v) is 3.20. The Hall–Kier alpha value is -1.64. The molecule has 0 spiro atoms. The average Bonchev–Trinajstić information content (AvgIpc) is 2.16. The van der Waals surface area contributed by atoms with Crippen molar-refractivity contribution in [1.82, 2.24) is 10.3 Å². The third kappa shape index (κ3) is 2.69. The molecule has 3 nitrogen and oxygen atoms in total. The van der Waals surface area contributed by atoms with Crippen LogP contribution in [0.5, 0.6) is 0 Å². The summed E-state index contributed by atoms with van der Waals surface area (Å²) in [6.45, 7) is 7.81. The fraction of sp³-hybridized carbons (Fsp3) is 0.273. The number of aromatic nitrogens is 1. The van der Waals surface area contributed by atoms with Gasteiger partial charge in [0.1, 0.15) is 0 Å². The Kier molecular flexibility index (Phi) is 3.40. The van der Waals surface area contributed by atoms with Gasteiger partial charge in [0.05, 0.1) is 12.2 Å². The number of carbonyl (C=O) groups excluding carboxylic acids is 1. The molecule has 1 amide bonds. The SMILES string of the molecule is C=CC(=O)NCc1ncc(C)cc1C. The van der Waals surface area contributed by atoms with Gasteiger partial charge in [-0.2, -0.15) is 0 Å². The highest BCUT2D eigenvalue weighted by Gasteiger charge is 2.01. The number of hydrogen-bond donors (Lipinski definition) is 1. The molecule has 0 saturated heterocycles. The van der Waals surface area contributed by atoms with Crippen LogP contribution in [0.1, 0.15) is 16.8 Å². The van der Waals surface area contributed by atoms with Gasteiger partial charge in [0, 0.05) is 6.20 Å². The van der Waals surface area contributed by atoms with E-state index in [9.17, 15) is 4.79 Å². The first-order valence-electron chi connectivity index (χ1n) is 4.46. The van der Waals surface area contributed by atoms with Gasteiger partial charge in [-0.25, -0.2) is 0 Å². The normalized spacial score (nSPS) is 9.57. The van der Waals surface area contributed by atoms with Crippen molar-refractivity contribution in [2.24, 2.45) is 0 Å². The Morgan fingerprint density at radius 3 is 2.93 bits per heavy atom. The first kappa shape index (κ1) is 10.4. The van der Waals surface area contributed by atoms with Crippen molar-refractivity contribution < 1.29 is 4.79 Å². The first-order valence-corrected chi connectivity index (χ1v) is 4.46. The zero-order chi connectivity index (χ0) is 10.6. The predicted molar refractivity (Wildman–Crippen MR) is 55.8 cm³/mol. The van der Waals surface area contributed by atoms with E-state index in [0.29, 0.717) is 6.54 Å². The molecule has 0 aliphatic rings. The highest BCUT2D eigenvalue weighted by Crippen LogP contribution is 2.06. The van der Waals surface area contributed by atoms with E-state index in [4.69, 9.17) is 0 Å². The topological polar surface area (TPSA) is 42.0 Å². The Bertz CT molecular complexity index is 358. The van der Waals surface area contributed by atoms with Crippen LogP contribution in [0, 0.1) is 13.8 Å². The lowest BCUT2D eigenvalue weighted by Gasteiger charge is -2.05. The summed E-state index contributed by atoms with van der Waals surface area (Å²) >= 11 is 0. The van der Waals surface area contributed by atoms with Crippen molar-refractivity contribution in [3.05, 3.63) is 41.7 Å². The Morgan fingerprint density at radius 2 is 2.36 bits per heavy atom. The molecule has 0 aliphatic carbocycles. The minimum absolute atomic E-state index is 0.174. The van der Waals surface area contributed by atoms with Gasteiger partial charge >= 0.3 is 0 Å². The minimum Gasteiger partial charge on any atom is -0.347 e. The standard InChI is InChI=1S/C11H14N2O/c1-4-11(14)13-7-10-9(3)5-8(2)6-12-10/h4-6H,1,7H2,2-3H3,(H,13,14). The molecule has 1 aromatic rings. The molecule has 0 aromatic carbocycles. The summed E-state index contributed by atoms with van der Waals surface area (Å²) in [6, 6.07) is 2.04. The maximum absolute atomic E-state index is 10.9. The van der Waals surface area contributed by atoms with Crippen LogP contribution >= 0.6 is 0 Å².